The third-order valence-electron chi connectivity index (χ3n) is 1.93. The van der Waals surface area contributed by atoms with Gasteiger partial charge in [0, 0.05) is 12.1 Å². The highest BCUT2D eigenvalue weighted by molar-refractivity contribution is 7.92. The van der Waals surface area contributed by atoms with E-state index in [1.165, 1.54) is 0 Å². The third-order valence-corrected chi connectivity index (χ3v) is 2.53. The molecule has 1 aromatic carbocycles. The highest BCUT2D eigenvalue weighted by atomic mass is 32.2. The number of hydrogen-bond acceptors (Lipinski definition) is 3. The first-order valence-electron chi connectivity index (χ1n) is 4.30. The maximum Gasteiger partial charge on any atom is 0.229 e. The molecule has 0 radical (unpaired) electrons. The van der Waals surface area contributed by atoms with Crippen LogP contribution in [-0.2, 0) is 16.6 Å². The highest BCUT2D eigenvalue weighted by Gasteiger charge is 2.09. The summed E-state index contributed by atoms with van der Waals surface area (Å²) in [5, 5.41) is 0. The minimum absolute atomic E-state index is 0.0941. The molecule has 0 fully saturated rings. The largest absolute Gasteiger partial charge is 0.326 e. The fraction of sp³-hybridized carbons (Fsp3) is 0.333. The Bertz CT molecular complexity index is 448. The van der Waals surface area contributed by atoms with Gasteiger partial charge in [0.15, 0.2) is 0 Å². The predicted octanol–water partition coefficient (Wildman–Crippen LogP) is 0.964. The van der Waals surface area contributed by atoms with E-state index in [1.54, 1.807) is 13.0 Å². The molecule has 1 rings (SSSR count). The molecule has 4 nitrogen and oxygen atoms in total. The van der Waals surface area contributed by atoms with Gasteiger partial charge in [-0.2, -0.15) is 0 Å². The molecule has 0 spiro atoms. The van der Waals surface area contributed by atoms with Gasteiger partial charge in [0.2, 0.25) is 10.0 Å². The molecule has 84 valence electrons. The molecule has 0 saturated carbocycles. The molecule has 0 atom stereocenters. The molecule has 3 N–H and O–H groups in total. The Morgan fingerprint density at radius 1 is 1.47 bits per heavy atom. The monoisotopic (exact) mass is 232 g/mol. The van der Waals surface area contributed by atoms with Crippen LogP contribution in [0.4, 0.5) is 10.1 Å². The van der Waals surface area contributed by atoms with Crippen molar-refractivity contribution in [1.29, 1.82) is 0 Å². The van der Waals surface area contributed by atoms with E-state index < -0.39 is 15.8 Å². The molecule has 0 aliphatic heterocycles. The summed E-state index contributed by atoms with van der Waals surface area (Å²) in [5.41, 5.74) is 6.59. The van der Waals surface area contributed by atoms with Gasteiger partial charge in [-0.1, -0.05) is 0 Å². The SMILES string of the molecule is Cc1cc(NS(C)(=O)=O)cc(F)c1CN. The Balaban J connectivity index is 3.15. The fourth-order valence-corrected chi connectivity index (χ4v) is 1.85. The number of rotatable bonds is 3. The number of anilines is 1. The minimum Gasteiger partial charge on any atom is -0.326 e. The van der Waals surface area contributed by atoms with Crippen LogP contribution in [0.2, 0.25) is 0 Å². The second kappa shape index (κ2) is 4.16. The van der Waals surface area contributed by atoms with Crippen molar-refractivity contribution < 1.29 is 12.8 Å². The lowest BCUT2D eigenvalue weighted by Gasteiger charge is -2.09. The molecule has 15 heavy (non-hydrogen) atoms. The standard InChI is InChI=1S/C9H13FN2O2S/c1-6-3-7(12-15(2,13)14)4-9(10)8(6)5-11/h3-4,12H,5,11H2,1-2H3. The zero-order valence-corrected chi connectivity index (χ0v) is 9.36. The Morgan fingerprint density at radius 2 is 2.07 bits per heavy atom. The van der Waals surface area contributed by atoms with Crippen LogP contribution in [0, 0.1) is 12.7 Å². The van der Waals surface area contributed by atoms with Gasteiger partial charge in [0.25, 0.3) is 0 Å². The first kappa shape index (κ1) is 11.9. The number of nitrogens with two attached hydrogens (primary N) is 1. The van der Waals surface area contributed by atoms with Gasteiger partial charge < -0.3 is 5.73 Å². The maximum atomic E-state index is 13.4. The molecule has 0 amide bonds. The summed E-state index contributed by atoms with van der Waals surface area (Å²) >= 11 is 0. The number of aryl methyl sites for hydroxylation is 1. The minimum atomic E-state index is -3.38. The van der Waals surface area contributed by atoms with E-state index in [4.69, 9.17) is 5.73 Å². The van der Waals surface area contributed by atoms with Crippen LogP contribution in [0.15, 0.2) is 12.1 Å². The summed E-state index contributed by atoms with van der Waals surface area (Å²) in [7, 11) is -3.38. The van der Waals surface area contributed by atoms with Crippen molar-refractivity contribution in [2.24, 2.45) is 5.73 Å². The number of halogens is 1. The lowest BCUT2D eigenvalue weighted by molar-refractivity contribution is 0.605. The van der Waals surface area contributed by atoms with E-state index in [2.05, 4.69) is 4.72 Å². The van der Waals surface area contributed by atoms with E-state index in [1.807, 2.05) is 0 Å². The normalized spacial score (nSPS) is 11.5. The molecule has 1 aromatic rings. The fourth-order valence-electron chi connectivity index (χ4n) is 1.31. The van der Waals surface area contributed by atoms with Gasteiger partial charge in [-0.05, 0) is 24.6 Å². The Kier molecular flexibility index (Phi) is 3.31. The second-order valence-electron chi connectivity index (χ2n) is 3.33. The average molecular weight is 232 g/mol. The Morgan fingerprint density at radius 3 is 2.47 bits per heavy atom. The number of sulfonamides is 1. The quantitative estimate of drug-likeness (QED) is 0.815. The average Bonchev–Trinajstić information content (AvgIpc) is 1.99. The molecule has 0 bridgehead atoms. The van der Waals surface area contributed by atoms with E-state index in [9.17, 15) is 12.8 Å². The van der Waals surface area contributed by atoms with E-state index in [-0.39, 0.29) is 12.2 Å². The first-order valence-corrected chi connectivity index (χ1v) is 6.19. The molecular formula is C9H13FN2O2S. The summed E-state index contributed by atoms with van der Waals surface area (Å²) in [6, 6.07) is 2.67. The first-order chi connectivity index (χ1) is 6.83. The summed E-state index contributed by atoms with van der Waals surface area (Å²) in [4.78, 5) is 0. The van der Waals surface area contributed by atoms with Crippen LogP contribution in [0.1, 0.15) is 11.1 Å². The van der Waals surface area contributed by atoms with Crippen molar-refractivity contribution in [3.8, 4) is 0 Å². The molecule has 0 aliphatic rings. The number of nitrogens with one attached hydrogen (secondary N) is 1. The summed E-state index contributed by atoms with van der Waals surface area (Å²) in [5.74, 6) is -0.497. The molecule has 6 heteroatoms. The second-order valence-corrected chi connectivity index (χ2v) is 5.08. The molecule has 0 aliphatic carbocycles. The van der Waals surface area contributed by atoms with Crippen molar-refractivity contribution >= 4 is 15.7 Å². The summed E-state index contributed by atoms with van der Waals surface area (Å²) in [6.07, 6.45) is 1.01. The van der Waals surface area contributed by atoms with Gasteiger partial charge in [-0.15, -0.1) is 0 Å². The van der Waals surface area contributed by atoms with Crippen molar-refractivity contribution in [3.05, 3.63) is 29.1 Å². The number of hydrogen-bond donors (Lipinski definition) is 2. The van der Waals surface area contributed by atoms with Crippen molar-refractivity contribution in [2.75, 3.05) is 11.0 Å². The topological polar surface area (TPSA) is 72.2 Å². The maximum absolute atomic E-state index is 13.4. The van der Waals surface area contributed by atoms with Crippen molar-refractivity contribution in [2.45, 2.75) is 13.5 Å². The number of benzene rings is 1. The Hall–Kier alpha value is -1.14. The molecule has 0 heterocycles. The molecule has 0 unspecified atom stereocenters. The smallest absolute Gasteiger partial charge is 0.229 e. The van der Waals surface area contributed by atoms with Gasteiger partial charge in [0.05, 0.1) is 11.9 Å². The molecular weight excluding hydrogens is 219 g/mol. The van der Waals surface area contributed by atoms with Crippen molar-refractivity contribution in [1.82, 2.24) is 0 Å². The molecule has 0 aromatic heterocycles. The van der Waals surface area contributed by atoms with Crippen LogP contribution >= 0.6 is 0 Å². The lowest BCUT2D eigenvalue weighted by atomic mass is 10.1. The van der Waals surface area contributed by atoms with Crippen LogP contribution in [0.5, 0.6) is 0 Å². The van der Waals surface area contributed by atoms with Gasteiger partial charge >= 0.3 is 0 Å². The van der Waals surface area contributed by atoms with Gasteiger partial charge in [-0.3, -0.25) is 4.72 Å². The van der Waals surface area contributed by atoms with Crippen LogP contribution in [0.25, 0.3) is 0 Å². The van der Waals surface area contributed by atoms with E-state index >= 15 is 0 Å². The van der Waals surface area contributed by atoms with Gasteiger partial charge in [-0.25, -0.2) is 12.8 Å². The predicted molar refractivity (Wildman–Crippen MR) is 57.5 cm³/mol. The zero-order valence-electron chi connectivity index (χ0n) is 8.54. The van der Waals surface area contributed by atoms with Crippen LogP contribution in [-0.4, -0.2) is 14.7 Å². The summed E-state index contributed by atoms with van der Waals surface area (Å²) in [6.45, 7) is 1.77. The lowest BCUT2D eigenvalue weighted by Crippen LogP contribution is -2.11. The third kappa shape index (κ3) is 3.17. The Labute approximate surface area is 88.3 Å². The zero-order chi connectivity index (χ0) is 11.6. The van der Waals surface area contributed by atoms with Gasteiger partial charge in [0.1, 0.15) is 5.82 Å². The van der Waals surface area contributed by atoms with Crippen LogP contribution in [0.3, 0.4) is 0 Å². The molecule has 0 saturated heterocycles. The van der Waals surface area contributed by atoms with Crippen LogP contribution < -0.4 is 10.5 Å². The van der Waals surface area contributed by atoms with E-state index in [0.29, 0.717) is 11.1 Å². The van der Waals surface area contributed by atoms with E-state index in [0.717, 1.165) is 12.3 Å². The highest BCUT2D eigenvalue weighted by Crippen LogP contribution is 2.19. The van der Waals surface area contributed by atoms with Crippen molar-refractivity contribution in [3.63, 3.8) is 0 Å². The summed E-state index contributed by atoms with van der Waals surface area (Å²) < 4.78 is 37.4.